The summed E-state index contributed by atoms with van der Waals surface area (Å²) in [6.45, 7) is 1.67. The van der Waals surface area contributed by atoms with E-state index >= 15 is 0 Å². The normalized spacial score (nSPS) is 12.1. The Morgan fingerprint density at radius 1 is 1.22 bits per heavy atom. The number of aromatic nitrogens is 2. The quantitative estimate of drug-likeness (QED) is 0.767. The van der Waals surface area contributed by atoms with Gasteiger partial charge in [0.2, 0.25) is 5.91 Å². The number of nitrogens with one attached hydrogen (secondary N) is 1. The van der Waals surface area contributed by atoms with Crippen LogP contribution in [0.25, 0.3) is 10.9 Å². The van der Waals surface area contributed by atoms with E-state index in [9.17, 15) is 9.59 Å². The van der Waals surface area contributed by atoms with Crippen LogP contribution in [-0.2, 0) is 4.79 Å². The summed E-state index contributed by atoms with van der Waals surface area (Å²) in [5, 5.41) is 3.30. The summed E-state index contributed by atoms with van der Waals surface area (Å²) >= 11 is 3.36. The minimum absolute atomic E-state index is 0.229. The van der Waals surface area contributed by atoms with Crippen molar-refractivity contribution in [2.24, 2.45) is 0 Å². The van der Waals surface area contributed by atoms with E-state index in [1.807, 2.05) is 18.2 Å². The molecule has 1 N–H and O–H groups in total. The van der Waals surface area contributed by atoms with Crippen molar-refractivity contribution in [1.82, 2.24) is 9.55 Å². The molecule has 3 aromatic rings. The first kappa shape index (κ1) is 15.4. The van der Waals surface area contributed by atoms with Crippen LogP contribution in [0.2, 0.25) is 0 Å². The van der Waals surface area contributed by atoms with E-state index in [1.54, 1.807) is 37.3 Å². The molecule has 23 heavy (non-hydrogen) atoms. The Hall–Kier alpha value is -2.47. The van der Waals surface area contributed by atoms with Crippen molar-refractivity contribution in [3.63, 3.8) is 0 Å². The van der Waals surface area contributed by atoms with E-state index in [0.29, 0.717) is 16.6 Å². The number of amides is 1. The standard InChI is InChI=1S/C17H14BrN3O2/c1-11(16(22)20-13-6-4-5-12(18)9-13)21-10-19-15-8-3-2-7-14(15)17(21)23/h2-11H,1H3,(H,20,22)/t11-/m0/s1. The summed E-state index contributed by atoms with van der Waals surface area (Å²) in [7, 11) is 0. The lowest BCUT2D eigenvalue weighted by Gasteiger charge is -2.15. The molecule has 0 spiro atoms. The van der Waals surface area contributed by atoms with Crippen LogP contribution in [0.15, 0.2) is 64.1 Å². The van der Waals surface area contributed by atoms with Crippen molar-refractivity contribution in [1.29, 1.82) is 0 Å². The number of rotatable bonds is 3. The summed E-state index contributed by atoms with van der Waals surface area (Å²) in [5.74, 6) is -0.276. The molecule has 0 aliphatic rings. The molecule has 0 radical (unpaired) electrons. The maximum absolute atomic E-state index is 12.5. The van der Waals surface area contributed by atoms with Gasteiger partial charge in [0, 0.05) is 10.2 Å². The summed E-state index contributed by atoms with van der Waals surface area (Å²) in [5.41, 5.74) is 1.05. The number of halogens is 1. The number of anilines is 1. The van der Waals surface area contributed by atoms with Gasteiger partial charge in [-0.1, -0.05) is 34.1 Å². The summed E-state index contributed by atoms with van der Waals surface area (Å²) in [4.78, 5) is 29.2. The highest BCUT2D eigenvalue weighted by molar-refractivity contribution is 9.10. The van der Waals surface area contributed by atoms with E-state index in [4.69, 9.17) is 0 Å². The lowest BCUT2D eigenvalue weighted by molar-refractivity contribution is -0.118. The largest absolute Gasteiger partial charge is 0.324 e. The van der Waals surface area contributed by atoms with Crippen LogP contribution in [0.4, 0.5) is 5.69 Å². The molecule has 1 aromatic heterocycles. The lowest BCUT2D eigenvalue weighted by Crippen LogP contribution is -2.31. The van der Waals surface area contributed by atoms with Crippen LogP contribution >= 0.6 is 15.9 Å². The van der Waals surface area contributed by atoms with Crippen molar-refractivity contribution >= 4 is 38.4 Å². The Morgan fingerprint density at radius 3 is 2.78 bits per heavy atom. The van der Waals surface area contributed by atoms with E-state index < -0.39 is 6.04 Å². The topological polar surface area (TPSA) is 64.0 Å². The van der Waals surface area contributed by atoms with Crippen LogP contribution in [0, 0.1) is 0 Å². The lowest BCUT2D eigenvalue weighted by atomic mass is 10.2. The van der Waals surface area contributed by atoms with Gasteiger partial charge in [-0.3, -0.25) is 14.2 Å². The average Bonchev–Trinajstić information content (AvgIpc) is 2.55. The Bertz CT molecular complexity index is 936. The zero-order valence-electron chi connectivity index (χ0n) is 12.4. The van der Waals surface area contributed by atoms with Crippen molar-refractivity contribution in [2.75, 3.05) is 5.32 Å². The maximum atomic E-state index is 12.5. The molecule has 1 atom stereocenters. The van der Waals surface area contributed by atoms with E-state index in [0.717, 1.165) is 4.47 Å². The van der Waals surface area contributed by atoms with E-state index in [-0.39, 0.29) is 11.5 Å². The number of fused-ring (bicyclic) bond motifs is 1. The molecule has 0 saturated carbocycles. The fourth-order valence-corrected chi connectivity index (χ4v) is 2.70. The molecule has 1 heterocycles. The molecule has 1 amide bonds. The van der Waals surface area contributed by atoms with Crippen LogP contribution in [0.5, 0.6) is 0 Å². The van der Waals surface area contributed by atoms with Crippen molar-refractivity contribution < 1.29 is 4.79 Å². The molecular weight excluding hydrogens is 358 g/mol. The maximum Gasteiger partial charge on any atom is 0.261 e. The monoisotopic (exact) mass is 371 g/mol. The number of hydrogen-bond acceptors (Lipinski definition) is 3. The minimum Gasteiger partial charge on any atom is -0.324 e. The van der Waals surface area contributed by atoms with E-state index in [2.05, 4.69) is 26.2 Å². The number of para-hydroxylation sites is 1. The summed E-state index contributed by atoms with van der Waals surface area (Å²) in [6.07, 6.45) is 1.41. The zero-order valence-corrected chi connectivity index (χ0v) is 13.9. The second-order valence-electron chi connectivity index (χ2n) is 5.15. The van der Waals surface area contributed by atoms with E-state index in [1.165, 1.54) is 10.9 Å². The summed E-state index contributed by atoms with van der Waals surface area (Å²) < 4.78 is 2.21. The molecular formula is C17H14BrN3O2. The number of hydrogen-bond donors (Lipinski definition) is 1. The van der Waals surface area contributed by atoms with Crippen molar-refractivity contribution in [2.45, 2.75) is 13.0 Å². The van der Waals surface area contributed by atoms with Gasteiger partial charge in [0.15, 0.2) is 0 Å². The van der Waals surface area contributed by atoms with Crippen molar-refractivity contribution in [3.8, 4) is 0 Å². The van der Waals surface area contributed by atoms with Gasteiger partial charge in [-0.2, -0.15) is 0 Å². The molecule has 0 aliphatic heterocycles. The summed E-state index contributed by atoms with van der Waals surface area (Å²) in [6, 6.07) is 13.7. The first-order valence-corrected chi connectivity index (χ1v) is 7.88. The molecule has 0 aliphatic carbocycles. The fourth-order valence-electron chi connectivity index (χ4n) is 2.30. The second-order valence-corrected chi connectivity index (χ2v) is 6.07. The highest BCUT2D eigenvalue weighted by Gasteiger charge is 2.17. The highest BCUT2D eigenvalue weighted by Crippen LogP contribution is 2.17. The van der Waals surface area contributed by atoms with Crippen LogP contribution in [-0.4, -0.2) is 15.5 Å². The Labute approximate surface area is 141 Å². The molecule has 0 fully saturated rings. The van der Waals surface area contributed by atoms with Crippen LogP contribution in [0.1, 0.15) is 13.0 Å². The molecule has 6 heteroatoms. The first-order valence-electron chi connectivity index (χ1n) is 7.08. The predicted molar refractivity (Wildman–Crippen MR) is 93.5 cm³/mol. The molecule has 2 aromatic carbocycles. The molecule has 5 nitrogen and oxygen atoms in total. The number of benzene rings is 2. The first-order chi connectivity index (χ1) is 11.1. The second kappa shape index (κ2) is 6.34. The SMILES string of the molecule is C[C@@H](C(=O)Nc1cccc(Br)c1)n1cnc2ccccc2c1=O. The number of carbonyl (C=O) groups excluding carboxylic acids is 1. The molecule has 0 bridgehead atoms. The third-order valence-corrected chi connectivity index (χ3v) is 4.07. The molecule has 0 unspecified atom stereocenters. The van der Waals surface area contributed by atoms with Gasteiger partial charge in [0.05, 0.1) is 17.2 Å². The van der Waals surface area contributed by atoms with Crippen LogP contribution in [0.3, 0.4) is 0 Å². The Kier molecular flexibility index (Phi) is 4.25. The smallest absolute Gasteiger partial charge is 0.261 e. The van der Waals surface area contributed by atoms with Gasteiger partial charge in [-0.15, -0.1) is 0 Å². The van der Waals surface area contributed by atoms with Gasteiger partial charge in [0.1, 0.15) is 6.04 Å². The molecule has 116 valence electrons. The van der Waals surface area contributed by atoms with Gasteiger partial charge < -0.3 is 5.32 Å². The Morgan fingerprint density at radius 2 is 2.00 bits per heavy atom. The van der Waals surface area contributed by atoms with Crippen molar-refractivity contribution in [3.05, 3.63) is 69.7 Å². The highest BCUT2D eigenvalue weighted by atomic mass is 79.9. The predicted octanol–water partition coefficient (Wildman–Crippen LogP) is 3.36. The number of carbonyl (C=O) groups is 1. The molecule has 3 rings (SSSR count). The van der Waals surface area contributed by atoms with Gasteiger partial charge >= 0.3 is 0 Å². The average molecular weight is 372 g/mol. The molecule has 0 saturated heterocycles. The zero-order chi connectivity index (χ0) is 16.4. The minimum atomic E-state index is -0.668. The van der Waals surface area contributed by atoms with Crippen LogP contribution < -0.4 is 10.9 Å². The van der Waals surface area contributed by atoms with Gasteiger partial charge in [-0.25, -0.2) is 4.98 Å². The third-order valence-electron chi connectivity index (χ3n) is 3.58. The fraction of sp³-hybridized carbons (Fsp3) is 0.118. The third kappa shape index (κ3) is 3.17. The van der Waals surface area contributed by atoms with Gasteiger partial charge in [0.25, 0.3) is 5.56 Å². The van der Waals surface area contributed by atoms with Gasteiger partial charge in [-0.05, 0) is 37.3 Å². The number of nitrogens with zero attached hydrogens (tertiary/aromatic N) is 2. The Balaban J connectivity index is 1.90.